The highest BCUT2D eigenvalue weighted by Gasteiger charge is 2.41. The molecule has 0 saturated carbocycles. The van der Waals surface area contributed by atoms with E-state index in [2.05, 4.69) is 16.0 Å². The first-order valence-corrected chi connectivity index (χ1v) is 17.2. The second-order valence-corrected chi connectivity index (χ2v) is 13.2. The Balaban J connectivity index is 1.30. The molecule has 2 saturated heterocycles. The molecule has 1 unspecified atom stereocenters. The Morgan fingerprint density at radius 1 is 1.04 bits per heavy atom. The Hall–Kier alpha value is -3.07. The van der Waals surface area contributed by atoms with Gasteiger partial charge < -0.3 is 24.8 Å². The minimum atomic E-state index is -4.39. The number of hydrogen-bond donors (Lipinski definition) is 3. The van der Waals surface area contributed by atoms with Gasteiger partial charge in [0.15, 0.2) is 6.29 Å². The number of imide groups is 1. The molecule has 3 aromatic rings. The van der Waals surface area contributed by atoms with E-state index in [-0.39, 0.29) is 29.0 Å². The number of hydrogen-bond acceptors (Lipinski definition) is 8. The Morgan fingerprint density at radius 3 is 2.50 bits per heavy atom. The summed E-state index contributed by atoms with van der Waals surface area (Å²) >= 11 is 7.51. The molecule has 5 rings (SSSR count). The molecule has 0 radical (unpaired) electrons. The number of halogens is 5. The average molecular weight is 712 g/mol. The van der Waals surface area contributed by atoms with Crippen LogP contribution < -0.4 is 20.7 Å². The molecule has 0 bridgehead atoms. The van der Waals surface area contributed by atoms with Gasteiger partial charge in [0.1, 0.15) is 17.1 Å². The van der Waals surface area contributed by atoms with Crippen molar-refractivity contribution in [2.75, 3.05) is 39.5 Å². The summed E-state index contributed by atoms with van der Waals surface area (Å²) in [5.74, 6) is -1.27. The van der Waals surface area contributed by atoms with Crippen molar-refractivity contribution in [2.45, 2.75) is 63.0 Å². The first-order valence-electron chi connectivity index (χ1n) is 16.0. The number of benzene rings is 2. The Morgan fingerprint density at radius 2 is 1.81 bits per heavy atom. The Kier molecular flexibility index (Phi) is 12.5. The number of alkyl halides is 3. The molecular formula is C34H38ClF4N3O5S. The van der Waals surface area contributed by atoms with Crippen LogP contribution in [0.25, 0.3) is 21.6 Å². The molecule has 3 N–H and O–H groups in total. The van der Waals surface area contributed by atoms with E-state index in [1.54, 1.807) is 18.2 Å². The molecule has 1 atom stereocenters. The van der Waals surface area contributed by atoms with Crippen LogP contribution in [0.5, 0.6) is 5.75 Å². The monoisotopic (exact) mass is 711 g/mol. The van der Waals surface area contributed by atoms with Gasteiger partial charge in [0, 0.05) is 35.6 Å². The highest BCUT2D eigenvalue weighted by atomic mass is 35.5. The number of ether oxygens (including phenoxy) is 3. The maximum Gasteiger partial charge on any atom is 0.390 e. The minimum absolute atomic E-state index is 0.143. The lowest BCUT2D eigenvalue weighted by molar-refractivity contribution is -0.163. The topological polar surface area (TPSA) is 97.9 Å². The zero-order valence-corrected chi connectivity index (χ0v) is 27.8. The van der Waals surface area contributed by atoms with Crippen molar-refractivity contribution in [2.24, 2.45) is 0 Å². The van der Waals surface area contributed by atoms with Crippen LogP contribution >= 0.6 is 22.9 Å². The van der Waals surface area contributed by atoms with Crippen LogP contribution in [-0.4, -0.2) is 69.3 Å². The number of rotatable bonds is 13. The van der Waals surface area contributed by atoms with Crippen LogP contribution in [0.1, 0.15) is 54.6 Å². The van der Waals surface area contributed by atoms with Gasteiger partial charge >= 0.3 is 6.18 Å². The second-order valence-electron chi connectivity index (χ2n) is 11.8. The maximum atomic E-state index is 13.9. The molecule has 260 valence electrons. The largest absolute Gasteiger partial charge is 0.494 e. The lowest BCUT2D eigenvalue weighted by atomic mass is 9.87. The zero-order valence-electron chi connectivity index (χ0n) is 26.2. The summed E-state index contributed by atoms with van der Waals surface area (Å²) in [5.41, 5.74) is 0.509. The normalized spacial score (nSPS) is 18.0. The predicted octanol–water partition coefficient (Wildman–Crippen LogP) is 7.11. The quantitative estimate of drug-likeness (QED) is 0.0989. The van der Waals surface area contributed by atoms with Crippen LogP contribution in [0.2, 0.25) is 5.02 Å². The highest BCUT2D eigenvalue weighted by Crippen LogP contribution is 2.43. The van der Waals surface area contributed by atoms with E-state index in [0.29, 0.717) is 54.5 Å². The van der Waals surface area contributed by atoms with Crippen LogP contribution in [0.3, 0.4) is 0 Å². The summed E-state index contributed by atoms with van der Waals surface area (Å²) in [6.45, 7) is 2.04. The molecule has 2 aromatic carbocycles. The van der Waals surface area contributed by atoms with E-state index in [4.69, 9.17) is 25.8 Å². The van der Waals surface area contributed by atoms with E-state index in [1.165, 1.54) is 18.2 Å². The predicted molar refractivity (Wildman–Crippen MR) is 176 cm³/mol. The summed E-state index contributed by atoms with van der Waals surface area (Å²) in [5, 5.41) is 8.42. The lowest BCUT2D eigenvalue weighted by Crippen LogP contribution is -2.62. The van der Waals surface area contributed by atoms with Gasteiger partial charge in [-0.1, -0.05) is 23.7 Å². The summed E-state index contributed by atoms with van der Waals surface area (Å²) in [6.07, 6.45) is -1.47. The van der Waals surface area contributed by atoms with Gasteiger partial charge in [0.25, 0.3) is 5.91 Å². The smallest absolute Gasteiger partial charge is 0.390 e. The van der Waals surface area contributed by atoms with Crippen LogP contribution in [0.15, 0.2) is 48.5 Å². The summed E-state index contributed by atoms with van der Waals surface area (Å²) in [7, 11) is 0. The molecule has 2 aliphatic heterocycles. The van der Waals surface area contributed by atoms with Gasteiger partial charge in [-0.05, 0) is 87.2 Å². The summed E-state index contributed by atoms with van der Waals surface area (Å²) in [4.78, 5) is 27.7. The highest BCUT2D eigenvalue weighted by molar-refractivity contribution is 7.18. The molecule has 0 aliphatic carbocycles. The number of amides is 2. The van der Waals surface area contributed by atoms with E-state index in [1.807, 2.05) is 12.1 Å². The molecule has 0 spiro atoms. The summed E-state index contributed by atoms with van der Waals surface area (Å²) < 4.78 is 69.7. The van der Waals surface area contributed by atoms with Gasteiger partial charge in [-0.25, -0.2) is 4.39 Å². The van der Waals surface area contributed by atoms with Crippen molar-refractivity contribution in [3.63, 3.8) is 0 Å². The van der Waals surface area contributed by atoms with Crippen LogP contribution in [0.4, 0.5) is 17.6 Å². The molecule has 48 heavy (non-hydrogen) atoms. The molecule has 3 heterocycles. The fraction of sp³-hybridized carbons (Fsp3) is 0.471. The second kappa shape index (κ2) is 16.6. The fourth-order valence-electron chi connectivity index (χ4n) is 5.69. The maximum absolute atomic E-state index is 13.9. The third-order valence-electron chi connectivity index (χ3n) is 8.29. The number of piperidine rings is 1. The van der Waals surface area contributed by atoms with Crippen LogP contribution in [-0.2, 0) is 14.3 Å². The molecule has 8 nitrogen and oxygen atoms in total. The van der Waals surface area contributed by atoms with Crippen molar-refractivity contribution < 1.29 is 41.4 Å². The summed E-state index contributed by atoms with van der Waals surface area (Å²) in [6, 6.07) is 12.8. The SMILES string of the molecule is O=C(NC(=O)C1(NCCC(F)(F)F)CCNCC1)c1cc(-c2ccc(OCCCOC3CCCCO3)cc2)c(-c2ccc(F)cc2Cl)s1. The third-order valence-corrected chi connectivity index (χ3v) is 9.77. The van der Waals surface area contributed by atoms with Gasteiger partial charge in [-0.15, -0.1) is 11.3 Å². The van der Waals surface area contributed by atoms with E-state index < -0.39 is 42.3 Å². The van der Waals surface area contributed by atoms with Crippen molar-refractivity contribution in [1.82, 2.24) is 16.0 Å². The standard InChI is InChI=1S/C34H38ClF4N3O5S/c35-27-20-23(36)7-10-25(27)30-26(22-5-8-24(9-6-22)45-18-3-19-47-29-4-1-2-17-46-29)21-28(48-30)31(43)42-32(44)33(11-14-40-15-12-33)41-16-13-34(37,38)39/h5-10,20-21,29,40-41H,1-4,11-19H2,(H,42,43,44). The number of thiophene rings is 1. The van der Waals surface area contributed by atoms with Gasteiger partial charge in [-0.3, -0.25) is 14.9 Å². The third kappa shape index (κ3) is 9.76. The average Bonchev–Trinajstić information content (AvgIpc) is 3.50. The van der Waals surface area contributed by atoms with Crippen LogP contribution in [0, 0.1) is 5.82 Å². The van der Waals surface area contributed by atoms with E-state index in [9.17, 15) is 27.2 Å². The first kappa shape index (κ1) is 36.2. The number of carbonyl (C=O) groups excluding carboxylic acids is 2. The molecule has 2 aliphatic rings. The molecular weight excluding hydrogens is 674 g/mol. The Bertz CT molecular complexity index is 1540. The number of carbonyl (C=O) groups is 2. The van der Waals surface area contributed by atoms with E-state index in [0.717, 1.165) is 42.8 Å². The van der Waals surface area contributed by atoms with Gasteiger partial charge in [-0.2, -0.15) is 13.2 Å². The van der Waals surface area contributed by atoms with E-state index >= 15 is 0 Å². The zero-order chi connectivity index (χ0) is 34.1. The van der Waals surface area contributed by atoms with Crippen molar-refractivity contribution in [3.8, 4) is 27.3 Å². The molecule has 2 fully saturated rings. The lowest BCUT2D eigenvalue weighted by Gasteiger charge is -2.37. The first-order chi connectivity index (χ1) is 23.0. The molecule has 14 heteroatoms. The molecule has 1 aromatic heterocycles. The van der Waals surface area contributed by atoms with Crippen molar-refractivity contribution in [3.05, 3.63) is 64.2 Å². The minimum Gasteiger partial charge on any atom is -0.494 e. The molecule has 2 amide bonds. The van der Waals surface area contributed by atoms with Crippen molar-refractivity contribution >= 4 is 34.8 Å². The number of nitrogens with one attached hydrogen (secondary N) is 3. The van der Waals surface area contributed by atoms with Crippen molar-refractivity contribution in [1.29, 1.82) is 0 Å². The van der Waals surface area contributed by atoms with Gasteiger partial charge in [0.05, 0.1) is 29.5 Å². The van der Waals surface area contributed by atoms with Gasteiger partial charge in [0.2, 0.25) is 5.91 Å². The fourth-order valence-corrected chi connectivity index (χ4v) is 7.13. The Labute approximate surface area is 285 Å².